The van der Waals surface area contributed by atoms with Crippen LogP contribution in [0.4, 0.5) is 0 Å². The van der Waals surface area contributed by atoms with Crippen LogP contribution in [0.1, 0.15) is 17.2 Å². The van der Waals surface area contributed by atoms with E-state index in [0.717, 1.165) is 15.8 Å². The molecule has 2 aromatic rings. The minimum absolute atomic E-state index is 0.0250. The molecule has 0 aliphatic heterocycles. The molecule has 0 aliphatic rings. The maximum Gasteiger partial charge on any atom is 0.138 e. The van der Waals surface area contributed by atoms with Crippen LogP contribution in [0.2, 0.25) is 5.02 Å². The van der Waals surface area contributed by atoms with Crippen LogP contribution in [0, 0.1) is 3.57 Å². The lowest BCUT2D eigenvalue weighted by Crippen LogP contribution is -2.18. The lowest BCUT2D eigenvalue weighted by molar-refractivity contribution is 0.402. The SMILES string of the molecule is CNC(c1ccc(I)cc1)c1cc(Cl)cc(Br)c1OC. The molecule has 0 fully saturated rings. The molecule has 0 saturated heterocycles. The van der Waals surface area contributed by atoms with E-state index < -0.39 is 0 Å². The van der Waals surface area contributed by atoms with Gasteiger partial charge in [0.1, 0.15) is 5.75 Å². The Balaban J connectivity index is 2.54. The Labute approximate surface area is 146 Å². The second-order valence-corrected chi connectivity index (χ2v) is 6.82. The normalized spacial score (nSPS) is 12.2. The van der Waals surface area contributed by atoms with Gasteiger partial charge in [0.15, 0.2) is 0 Å². The quantitative estimate of drug-likeness (QED) is 0.639. The molecular weight excluding hydrogens is 452 g/mol. The number of halogens is 3. The third-order valence-corrected chi connectivity index (χ3v) is 4.57. The minimum Gasteiger partial charge on any atom is -0.495 e. The molecule has 106 valence electrons. The smallest absolute Gasteiger partial charge is 0.138 e. The van der Waals surface area contributed by atoms with Crippen molar-refractivity contribution in [2.75, 3.05) is 14.2 Å². The average molecular weight is 467 g/mol. The molecular formula is C15H14BrClINO. The average Bonchev–Trinajstić information content (AvgIpc) is 2.41. The summed E-state index contributed by atoms with van der Waals surface area (Å²) in [5.41, 5.74) is 2.18. The van der Waals surface area contributed by atoms with Crippen LogP contribution < -0.4 is 10.1 Å². The molecule has 2 rings (SSSR count). The Kier molecular flexibility index (Phi) is 5.72. The summed E-state index contributed by atoms with van der Waals surface area (Å²) in [6.45, 7) is 0. The van der Waals surface area contributed by atoms with Gasteiger partial charge in [0.05, 0.1) is 17.6 Å². The molecule has 1 atom stereocenters. The summed E-state index contributed by atoms with van der Waals surface area (Å²) in [5, 5.41) is 4.00. The molecule has 0 saturated carbocycles. The fraction of sp³-hybridized carbons (Fsp3) is 0.200. The molecule has 1 unspecified atom stereocenters. The first-order chi connectivity index (χ1) is 9.56. The maximum atomic E-state index is 6.18. The van der Waals surface area contributed by atoms with E-state index in [2.05, 4.69) is 68.1 Å². The summed E-state index contributed by atoms with van der Waals surface area (Å²) in [7, 11) is 3.59. The summed E-state index contributed by atoms with van der Waals surface area (Å²) in [5.74, 6) is 0.798. The van der Waals surface area contributed by atoms with Gasteiger partial charge in [0, 0.05) is 14.2 Å². The largest absolute Gasteiger partial charge is 0.495 e. The monoisotopic (exact) mass is 465 g/mol. The Morgan fingerprint density at radius 2 is 1.90 bits per heavy atom. The van der Waals surface area contributed by atoms with Crippen molar-refractivity contribution in [2.45, 2.75) is 6.04 Å². The van der Waals surface area contributed by atoms with Gasteiger partial charge < -0.3 is 10.1 Å². The molecule has 0 bridgehead atoms. The fourth-order valence-electron chi connectivity index (χ4n) is 2.17. The van der Waals surface area contributed by atoms with E-state index in [1.54, 1.807) is 7.11 Å². The predicted molar refractivity (Wildman–Crippen MR) is 95.8 cm³/mol. The molecule has 2 nitrogen and oxygen atoms in total. The Bertz CT molecular complexity index is 604. The molecule has 5 heteroatoms. The lowest BCUT2D eigenvalue weighted by atomic mass is 9.98. The van der Waals surface area contributed by atoms with Gasteiger partial charge in [-0.25, -0.2) is 0 Å². The van der Waals surface area contributed by atoms with E-state index in [4.69, 9.17) is 16.3 Å². The highest BCUT2D eigenvalue weighted by Gasteiger charge is 2.19. The summed E-state index contributed by atoms with van der Waals surface area (Å²) in [6.07, 6.45) is 0. The van der Waals surface area contributed by atoms with Crippen LogP contribution in [0.25, 0.3) is 0 Å². The zero-order valence-electron chi connectivity index (χ0n) is 11.1. The lowest BCUT2D eigenvalue weighted by Gasteiger charge is -2.21. The molecule has 0 aliphatic carbocycles. The van der Waals surface area contributed by atoms with Gasteiger partial charge in [0.25, 0.3) is 0 Å². The number of benzene rings is 2. The van der Waals surface area contributed by atoms with Crippen molar-refractivity contribution >= 4 is 50.1 Å². The van der Waals surface area contributed by atoms with Gasteiger partial charge >= 0.3 is 0 Å². The number of hydrogen-bond donors (Lipinski definition) is 1. The van der Waals surface area contributed by atoms with E-state index in [0.29, 0.717) is 5.02 Å². The first-order valence-electron chi connectivity index (χ1n) is 6.02. The van der Waals surface area contributed by atoms with Gasteiger partial charge in [-0.3, -0.25) is 0 Å². The Morgan fingerprint density at radius 3 is 2.45 bits per heavy atom. The summed E-state index contributed by atoms with van der Waals surface area (Å²) >= 11 is 12.0. The molecule has 2 aromatic carbocycles. The van der Waals surface area contributed by atoms with E-state index in [-0.39, 0.29) is 6.04 Å². The van der Waals surface area contributed by atoms with Crippen molar-refractivity contribution in [1.82, 2.24) is 5.32 Å². The highest BCUT2D eigenvalue weighted by Crippen LogP contribution is 2.38. The van der Waals surface area contributed by atoms with E-state index in [1.165, 1.54) is 9.13 Å². The first kappa shape index (κ1) is 16.1. The number of ether oxygens (including phenoxy) is 1. The van der Waals surface area contributed by atoms with Crippen molar-refractivity contribution in [3.8, 4) is 5.75 Å². The van der Waals surface area contributed by atoms with Crippen molar-refractivity contribution < 1.29 is 4.74 Å². The van der Waals surface area contributed by atoms with Crippen LogP contribution in [-0.4, -0.2) is 14.2 Å². The van der Waals surface area contributed by atoms with E-state index in [1.807, 2.05) is 19.2 Å². The van der Waals surface area contributed by atoms with Gasteiger partial charge in [-0.15, -0.1) is 0 Å². The van der Waals surface area contributed by atoms with Crippen molar-refractivity contribution in [1.29, 1.82) is 0 Å². The van der Waals surface area contributed by atoms with Crippen LogP contribution in [-0.2, 0) is 0 Å². The zero-order valence-corrected chi connectivity index (χ0v) is 15.6. The summed E-state index contributed by atoms with van der Waals surface area (Å²) in [6, 6.07) is 12.2. The van der Waals surface area contributed by atoms with Crippen molar-refractivity contribution in [3.05, 3.63) is 60.6 Å². The molecule has 0 radical (unpaired) electrons. The number of nitrogens with one attached hydrogen (secondary N) is 1. The molecule has 0 spiro atoms. The number of rotatable bonds is 4. The minimum atomic E-state index is 0.0250. The third kappa shape index (κ3) is 3.47. The second kappa shape index (κ2) is 7.11. The predicted octanol–water partition coefficient (Wildman–Crippen LogP) is 5.02. The van der Waals surface area contributed by atoms with Crippen LogP contribution in [0.5, 0.6) is 5.75 Å². The molecule has 1 N–H and O–H groups in total. The Hall–Kier alpha value is -0.300. The number of methoxy groups -OCH3 is 1. The molecule has 0 aromatic heterocycles. The molecule has 0 heterocycles. The van der Waals surface area contributed by atoms with Crippen molar-refractivity contribution in [3.63, 3.8) is 0 Å². The van der Waals surface area contributed by atoms with Crippen LogP contribution in [0.15, 0.2) is 40.9 Å². The van der Waals surface area contributed by atoms with Gasteiger partial charge in [-0.05, 0) is 75.4 Å². The second-order valence-electron chi connectivity index (χ2n) is 4.28. The number of hydrogen-bond acceptors (Lipinski definition) is 2. The maximum absolute atomic E-state index is 6.18. The van der Waals surface area contributed by atoms with Crippen LogP contribution in [0.3, 0.4) is 0 Å². The summed E-state index contributed by atoms with van der Waals surface area (Å²) in [4.78, 5) is 0. The third-order valence-electron chi connectivity index (χ3n) is 3.04. The van der Waals surface area contributed by atoms with E-state index >= 15 is 0 Å². The molecule has 0 amide bonds. The van der Waals surface area contributed by atoms with E-state index in [9.17, 15) is 0 Å². The standard InChI is InChI=1S/C15H14BrClINO/c1-19-14(9-3-5-11(18)6-4-9)12-7-10(17)8-13(16)15(12)20-2/h3-8,14,19H,1-2H3. The molecule has 20 heavy (non-hydrogen) atoms. The Morgan fingerprint density at radius 1 is 1.25 bits per heavy atom. The highest BCUT2D eigenvalue weighted by molar-refractivity contribution is 14.1. The first-order valence-corrected chi connectivity index (χ1v) is 8.27. The van der Waals surface area contributed by atoms with Crippen molar-refractivity contribution in [2.24, 2.45) is 0 Å². The fourth-order valence-corrected chi connectivity index (χ4v) is 3.52. The summed E-state index contributed by atoms with van der Waals surface area (Å²) < 4.78 is 7.58. The van der Waals surface area contributed by atoms with Crippen LogP contribution >= 0.6 is 50.1 Å². The zero-order chi connectivity index (χ0) is 14.7. The highest BCUT2D eigenvalue weighted by atomic mass is 127. The van der Waals surface area contributed by atoms with Gasteiger partial charge in [-0.2, -0.15) is 0 Å². The topological polar surface area (TPSA) is 21.3 Å². The van der Waals surface area contributed by atoms with Gasteiger partial charge in [0.2, 0.25) is 0 Å². The van der Waals surface area contributed by atoms with Gasteiger partial charge in [-0.1, -0.05) is 23.7 Å².